The van der Waals surface area contributed by atoms with E-state index in [4.69, 9.17) is 68.6 Å². The van der Waals surface area contributed by atoms with Gasteiger partial charge in [-0.1, -0.05) is 95.5 Å². The van der Waals surface area contributed by atoms with Gasteiger partial charge in [0.05, 0.1) is 13.2 Å². The van der Waals surface area contributed by atoms with Crippen molar-refractivity contribution in [2.45, 2.75) is 61.7 Å². The highest BCUT2D eigenvalue weighted by Gasteiger charge is 2.53. The zero-order valence-electron chi connectivity index (χ0n) is 20.0. The van der Waals surface area contributed by atoms with Gasteiger partial charge in [-0.05, 0) is 11.1 Å². The number of benzene rings is 2. The van der Waals surface area contributed by atoms with Crippen LogP contribution in [-0.4, -0.2) is 52.5 Å². The van der Waals surface area contributed by atoms with Crippen LogP contribution < -0.4 is 0 Å². The highest BCUT2D eigenvalue weighted by Crippen LogP contribution is 2.34. The number of alkyl halides is 3. The number of halogens is 3. The average Bonchev–Trinajstić information content (AvgIpc) is 2.84. The topological polar surface area (TPSA) is 113 Å². The summed E-state index contributed by atoms with van der Waals surface area (Å²) in [6.45, 7) is 2.51. The summed E-state index contributed by atoms with van der Waals surface area (Å²) in [5.74, 6) is -2.15. The van der Waals surface area contributed by atoms with E-state index in [0.29, 0.717) is 0 Å². The Balaban J connectivity index is 1.98. The zero-order chi connectivity index (χ0) is 27.0. The summed E-state index contributed by atoms with van der Waals surface area (Å²) >= 11 is 17.5. The standard InChI is InChI=1S/C25H26Cl3NO8/c1-15(30)34-21-19(32-13-17-9-5-3-6-10-17)20(33-14-18-11-7-4-8-12-18)22(36-23(21)35-16(2)31)37-24(29)25(26,27)28/h3-12,19-23,29H,13-14H2,1-2H3/t19-,20-,21+,22-,23+/m1/s1. The first-order valence-corrected chi connectivity index (χ1v) is 12.3. The van der Waals surface area contributed by atoms with E-state index >= 15 is 0 Å². The van der Waals surface area contributed by atoms with Crippen LogP contribution in [0.2, 0.25) is 0 Å². The van der Waals surface area contributed by atoms with E-state index < -0.39 is 52.5 Å². The van der Waals surface area contributed by atoms with Crippen molar-refractivity contribution in [3.05, 3.63) is 71.8 Å². The van der Waals surface area contributed by atoms with Crippen molar-refractivity contribution in [2.75, 3.05) is 0 Å². The van der Waals surface area contributed by atoms with E-state index in [9.17, 15) is 9.59 Å². The number of esters is 2. The molecule has 1 aliphatic rings. The number of rotatable bonds is 9. The quantitative estimate of drug-likeness (QED) is 0.198. The number of nitrogens with one attached hydrogen (secondary N) is 1. The average molecular weight is 575 g/mol. The van der Waals surface area contributed by atoms with E-state index in [0.717, 1.165) is 18.1 Å². The first-order valence-electron chi connectivity index (χ1n) is 11.2. The molecule has 1 fully saturated rings. The monoisotopic (exact) mass is 573 g/mol. The number of ether oxygens (including phenoxy) is 6. The molecule has 0 aromatic heterocycles. The summed E-state index contributed by atoms with van der Waals surface area (Å²) in [5, 5.41) is 8.05. The fraction of sp³-hybridized carbons (Fsp3) is 0.400. The molecule has 0 saturated carbocycles. The second-order valence-electron chi connectivity index (χ2n) is 8.02. The Labute approximate surface area is 229 Å². The molecule has 0 amide bonds. The molecule has 12 heteroatoms. The molecule has 1 N–H and O–H groups in total. The van der Waals surface area contributed by atoms with Crippen molar-refractivity contribution in [1.29, 1.82) is 5.41 Å². The lowest BCUT2D eigenvalue weighted by Gasteiger charge is -2.44. The van der Waals surface area contributed by atoms with Gasteiger partial charge in [0.1, 0.15) is 6.10 Å². The maximum Gasteiger partial charge on any atom is 0.305 e. The van der Waals surface area contributed by atoms with E-state index in [-0.39, 0.29) is 13.2 Å². The lowest BCUT2D eigenvalue weighted by Crippen LogP contribution is -2.62. The summed E-state index contributed by atoms with van der Waals surface area (Å²) in [7, 11) is 0. The van der Waals surface area contributed by atoms with Gasteiger partial charge in [0.2, 0.25) is 18.5 Å². The van der Waals surface area contributed by atoms with Gasteiger partial charge in [0, 0.05) is 13.8 Å². The molecule has 1 aliphatic heterocycles. The molecule has 5 atom stereocenters. The Morgan fingerprint density at radius 2 is 1.22 bits per heavy atom. The molecule has 2 aromatic rings. The zero-order valence-corrected chi connectivity index (χ0v) is 22.2. The number of carbonyl (C=O) groups is 2. The van der Waals surface area contributed by atoms with Crippen LogP contribution in [0.15, 0.2) is 60.7 Å². The van der Waals surface area contributed by atoms with Crippen LogP contribution in [0.5, 0.6) is 0 Å². The van der Waals surface area contributed by atoms with Gasteiger partial charge < -0.3 is 23.7 Å². The first-order chi connectivity index (χ1) is 17.5. The molecule has 3 rings (SSSR count). The third kappa shape index (κ3) is 8.84. The minimum atomic E-state index is -2.21. The van der Waals surface area contributed by atoms with Gasteiger partial charge in [0.15, 0.2) is 12.2 Å². The largest absolute Gasteiger partial charge is 0.453 e. The van der Waals surface area contributed by atoms with Crippen LogP contribution in [0, 0.1) is 5.41 Å². The number of hydrogen-bond acceptors (Lipinski definition) is 9. The van der Waals surface area contributed by atoms with Gasteiger partial charge in [0.25, 0.3) is 3.79 Å². The predicted molar refractivity (Wildman–Crippen MR) is 135 cm³/mol. The van der Waals surface area contributed by atoms with Crippen LogP contribution >= 0.6 is 34.8 Å². The maximum absolute atomic E-state index is 12.0. The Bertz CT molecular complexity index is 1050. The fourth-order valence-corrected chi connectivity index (χ4v) is 3.66. The fourth-order valence-electron chi connectivity index (χ4n) is 3.53. The smallest absolute Gasteiger partial charge is 0.305 e. The third-order valence-electron chi connectivity index (χ3n) is 5.10. The molecule has 200 valence electrons. The molecule has 0 bridgehead atoms. The summed E-state index contributed by atoms with van der Waals surface area (Å²) in [5.41, 5.74) is 1.62. The van der Waals surface area contributed by atoms with Gasteiger partial charge in [-0.3, -0.25) is 19.7 Å². The molecular weight excluding hydrogens is 549 g/mol. The van der Waals surface area contributed by atoms with Gasteiger partial charge in [-0.25, -0.2) is 0 Å². The highest BCUT2D eigenvalue weighted by molar-refractivity contribution is 6.76. The number of hydrogen-bond donors (Lipinski definition) is 1. The van der Waals surface area contributed by atoms with Gasteiger partial charge in [-0.2, -0.15) is 0 Å². The molecule has 0 spiro atoms. The second-order valence-corrected chi connectivity index (χ2v) is 10.3. The summed E-state index contributed by atoms with van der Waals surface area (Å²) in [6, 6.07) is 18.4. The van der Waals surface area contributed by atoms with Gasteiger partial charge in [-0.15, -0.1) is 0 Å². The second kappa shape index (κ2) is 13.4. The lowest BCUT2D eigenvalue weighted by atomic mass is 10.0. The minimum Gasteiger partial charge on any atom is -0.453 e. The first kappa shape index (κ1) is 29.2. The van der Waals surface area contributed by atoms with Crippen LogP contribution in [0.1, 0.15) is 25.0 Å². The summed E-state index contributed by atoms with van der Waals surface area (Å²) in [6.07, 6.45) is -6.35. The van der Waals surface area contributed by atoms with Crippen LogP contribution in [0.3, 0.4) is 0 Å². The van der Waals surface area contributed by atoms with Crippen molar-refractivity contribution in [2.24, 2.45) is 0 Å². The van der Waals surface area contributed by atoms with Crippen molar-refractivity contribution in [3.8, 4) is 0 Å². The normalized spacial score (nSPS) is 23.6. The Morgan fingerprint density at radius 1 is 0.757 bits per heavy atom. The Morgan fingerprint density at radius 3 is 1.68 bits per heavy atom. The summed E-state index contributed by atoms with van der Waals surface area (Å²) < 4.78 is 32.2. The van der Waals surface area contributed by atoms with Gasteiger partial charge >= 0.3 is 11.9 Å². The Kier molecular flexibility index (Phi) is 10.6. The van der Waals surface area contributed by atoms with Crippen molar-refractivity contribution in [1.82, 2.24) is 0 Å². The lowest BCUT2D eigenvalue weighted by molar-refractivity contribution is -0.343. The molecule has 0 aliphatic carbocycles. The van der Waals surface area contributed by atoms with E-state index in [1.807, 2.05) is 60.7 Å². The van der Waals surface area contributed by atoms with Crippen molar-refractivity contribution < 1.29 is 38.0 Å². The van der Waals surface area contributed by atoms with E-state index in [2.05, 4.69) is 0 Å². The molecule has 1 saturated heterocycles. The van der Waals surface area contributed by atoms with Crippen LogP contribution in [0.4, 0.5) is 0 Å². The maximum atomic E-state index is 12.0. The molecule has 2 aromatic carbocycles. The molecule has 0 unspecified atom stereocenters. The van der Waals surface area contributed by atoms with Crippen molar-refractivity contribution in [3.63, 3.8) is 0 Å². The minimum absolute atomic E-state index is 0.0754. The molecule has 1 heterocycles. The Hall–Kier alpha value is -2.40. The highest BCUT2D eigenvalue weighted by atomic mass is 35.6. The summed E-state index contributed by atoms with van der Waals surface area (Å²) in [4.78, 5) is 23.9. The van der Waals surface area contributed by atoms with Crippen molar-refractivity contribution >= 4 is 52.6 Å². The molecular formula is C25H26Cl3NO8. The van der Waals surface area contributed by atoms with E-state index in [1.165, 1.54) is 6.92 Å². The molecule has 0 radical (unpaired) electrons. The molecule has 9 nitrogen and oxygen atoms in total. The van der Waals surface area contributed by atoms with E-state index in [1.54, 1.807) is 0 Å². The molecule has 37 heavy (non-hydrogen) atoms. The van der Waals surface area contributed by atoms with Crippen LogP contribution in [-0.2, 0) is 51.2 Å². The SMILES string of the molecule is CC(=O)O[C@H]1O[C@H](OC(=N)C(Cl)(Cl)Cl)[C@H](OCc2ccccc2)[C@@H](OCc2ccccc2)[C@@H]1OC(C)=O. The number of carbonyl (C=O) groups excluding carboxylic acids is 2. The predicted octanol–water partition coefficient (Wildman–Crippen LogP) is 4.70. The van der Waals surface area contributed by atoms with Crippen LogP contribution in [0.25, 0.3) is 0 Å². The third-order valence-corrected chi connectivity index (χ3v) is 5.61.